The van der Waals surface area contributed by atoms with E-state index in [1.165, 1.54) is 0 Å². The minimum Gasteiger partial charge on any atom is -0.325 e. The largest absolute Gasteiger partial charge is 0.325 e. The van der Waals surface area contributed by atoms with E-state index in [1.807, 2.05) is 0 Å². The molecule has 2 fully saturated rings. The van der Waals surface area contributed by atoms with E-state index < -0.39 is 11.6 Å². The maximum absolute atomic E-state index is 13.1. The van der Waals surface area contributed by atoms with E-state index in [0.29, 0.717) is 6.04 Å². The van der Waals surface area contributed by atoms with Gasteiger partial charge in [-0.15, -0.1) is 0 Å². The van der Waals surface area contributed by atoms with Crippen molar-refractivity contribution >= 4 is 11.6 Å². The Bertz CT molecular complexity index is 543. The Hall–Kier alpha value is -1.57. The van der Waals surface area contributed by atoms with Gasteiger partial charge >= 0.3 is 0 Å². The van der Waals surface area contributed by atoms with Crippen LogP contribution in [0.1, 0.15) is 6.42 Å². The average molecular weight is 324 g/mol. The van der Waals surface area contributed by atoms with Crippen molar-refractivity contribution in [3.8, 4) is 0 Å². The van der Waals surface area contributed by atoms with Gasteiger partial charge in [0.15, 0.2) is 0 Å². The number of benzene rings is 1. The lowest BCUT2D eigenvalue weighted by Gasteiger charge is -2.32. The van der Waals surface area contributed by atoms with Gasteiger partial charge in [-0.1, -0.05) is 0 Å². The van der Waals surface area contributed by atoms with Crippen molar-refractivity contribution in [1.82, 2.24) is 15.1 Å². The number of piperazine rings is 1. The van der Waals surface area contributed by atoms with E-state index in [0.717, 1.165) is 63.9 Å². The van der Waals surface area contributed by atoms with Gasteiger partial charge in [0.2, 0.25) is 5.91 Å². The zero-order chi connectivity index (χ0) is 16.2. The minimum absolute atomic E-state index is 0.158. The van der Waals surface area contributed by atoms with E-state index in [-0.39, 0.29) is 18.1 Å². The number of nitrogens with zero attached hydrogens (tertiary/aromatic N) is 2. The highest BCUT2D eigenvalue weighted by molar-refractivity contribution is 5.92. The summed E-state index contributed by atoms with van der Waals surface area (Å²) >= 11 is 0. The van der Waals surface area contributed by atoms with Gasteiger partial charge in [-0.2, -0.15) is 0 Å². The first-order chi connectivity index (χ1) is 11.1. The topological polar surface area (TPSA) is 47.6 Å². The highest BCUT2D eigenvalue weighted by Gasteiger charge is 2.29. The summed E-state index contributed by atoms with van der Waals surface area (Å²) in [6.45, 7) is 6.12. The predicted octanol–water partition coefficient (Wildman–Crippen LogP) is 0.883. The second kappa shape index (κ2) is 7.33. The first-order valence-electron chi connectivity index (χ1n) is 8.03. The molecule has 2 aliphatic rings. The number of hydrogen-bond donors (Lipinski definition) is 2. The van der Waals surface area contributed by atoms with Crippen molar-refractivity contribution in [3.63, 3.8) is 0 Å². The number of halogens is 2. The number of anilines is 1. The van der Waals surface area contributed by atoms with Crippen LogP contribution in [-0.2, 0) is 4.79 Å². The Kier molecular flexibility index (Phi) is 5.20. The second-order valence-corrected chi connectivity index (χ2v) is 6.17. The van der Waals surface area contributed by atoms with Crippen molar-refractivity contribution in [2.45, 2.75) is 12.5 Å². The zero-order valence-electron chi connectivity index (χ0n) is 13.0. The van der Waals surface area contributed by atoms with Gasteiger partial charge in [-0.05, 0) is 18.6 Å². The molecule has 2 aliphatic heterocycles. The fourth-order valence-electron chi connectivity index (χ4n) is 3.33. The average Bonchev–Trinajstić information content (AvgIpc) is 2.95. The molecule has 3 rings (SSSR count). The molecule has 1 aromatic carbocycles. The van der Waals surface area contributed by atoms with Crippen LogP contribution < -0.4 is 10.6 Å². The Balaban J connectivity index is 1.48. The van der Waals surface area contributed by atoms with Crippen LogP contribution in [0.25, 0.3) is 0 Å². The molecule has 2 heterocycles. The molecule has 2 N–H and O–H groups in total. The van der Waals surface area contributed by atoms with Crippen LogP contribution in [0.5, 0.6) is 0 Å². The van der Waals surface area contributed by atoms with E-state index in [2.05, 4.69) is 20.4 Å². The number of carbonyl (C=O) groups excluding carboxylic acids is 1. The maximum atomic E-state index is 13.1. The van der Waals surface area contributed by atoms with Gasteiger partial charge in [0.25, 0.3) is 0 Å². The summed E-state index contributed by atoms with van der Waals surface area (Å²) in [5.41, 5.74) is 0.158. The lowest BCUT2D eigenvalue weighted by atomic mass is 10.2. The van der Waals surface area contributed by atoms with Crippen molar-refractivity contribution < 1.29 is 13.6 Å². The summed E-state index contributed by atoms with van der Waals surface area (Å²) in [5, 5.41) is 5.90. The standard InChI is InChI=1S/C16H22F2N4O/c17-12-7-13(18)9-14(8-12)20-16(23)11-21-4-1-15(10-21)22-5-2-19-3-6-22/h7-9,15,19H,1-6,10-11H2,(H,20,23). The number of rotatable bonds is 4. The van der Waals surface area contributed by atoms with Gasteiger partial charge < -0.3 is 10.6 Å². The monoisotopic (exact) mass is 324 g/mol. The summed E-state index contributed by atoms with van der Waals surface area (Å²) in [7, 11) is 0. The molecule has 0 spiro atoms. The highest BCUT2D eigenvalue weighted by Crippen LogP contribution is 2.17. The fraction of sp³-hybridized carbons (Fsp3) is 0.562. The summed E-state index contributed by atoms with van der Waals surface area (Å²) < 4.78 is 26.3. The Morgan fingerprint density at radius 2 is 1.87 bits per heavy atom. The number of carbonyl (C=O) groups is 1. The molecule has 23 heavy (non-hydrogen) atoms. The molecule has 5 nitrogen and oxygen atoms in total. The van der Waals surface area contributed by atoms with Crippen LogP contribution in [0.4, 0.5) is 14.5 Å². The van der Waals surface area contributed by atoms with E-state index in [1.54, 1.807) is 0 Å². The molecule has 126 valence electrons. The van der Waals surface area contributed by atoms with Crippen LogP contribution in [0.3, 0.4) is 0 Å². The van der Waals surface area contributed by atoms with Crippen molar-refractivity contribution in [3.05, 3.63) is 29.8 Å². The van der Waals surface area contributed by atoms with Crippen molar-refractivity contribution in [1.29, 1.82) is 0 Å². The first-order valence-corrected chi connectivity index (χ1v) is 8.03. The van der Waals surface area contributed by atoms with Gasteiger partial charge in [0.1, 0.15) is 11.6 Å². The summed E-state index contributed by atoms with van der Waals surface area (Å²) in [5.74, 6) is -1.63. The smallest absolute Gasteiger partial charge is 0.238 e. The van der Waals surface area contributed by atoms with E-state index in [4.69, 9.17) is 0 Å². The molecule has 0 saturated carbocycles. The Morgan fingerprint density at radius 3 is 2.57 bits per heavy atom. The molecule has 0 radical (unpaired) electrons. The predicted molar refractivity (Wildman–Crippen MR) is 84.3 cm³/mol. The van der Waals surface area contributed by atoms with Crippen LogP contribution >= 0.6 is 0 Å². The van der Waals surface area contributed by atoms with Gasteiger partial charge in [0.05, 0.1) is 6.54 Å². The van der Waals surface area contributed by atoms with Crippen LogP contribution in [-0.4, -0.2) is 67.6 Å². The molecular formula is C16H22F2N4O. The number of hydrogen-bond acceptors (Lipinski definition) is 4. The highest BCUT2D eigenvalue weighted by atomic mass is 19.1. The number of amides is 1. The molecule has 0 aliphatic carbocycles. The number of likely N-dealkylation sites (tertiary alicyclic amines) is 1. The molecule has 1 amide bonds. The third kappa shape index (κ3) is 4.46. The molecule has 1 unspecified atom stereocenters. The summed E-state index contributed by atoms with van der Waals surface area (Å²) in [6, 6.07) is 3.52. The molecule has 2 saturated heterocycles. The van der Waals surface area contributed by atoms with Gasteiger partial charge in [-0.25, -0.2) is 8.78 Å². The van der Waals surface area contributed by atoms with Crippen LogP contribution in [0, 0.1) is 11.6 Å². The first kappa shape index (κ1) is 16.3. The van der Waals surface area contributed by atoms with Crippen molar-refractivity contribution in [2.24, 2.45) is 0 Å². The molecule has 7 heteroatoms. The maximum Gasteiger partial charge on any atom is 0.238 e. The summed E-state index contributed by atoms with van der Waals surface area (Å²) in [6.07, 6.45) is 1.06. The van der Waals surface area contributed by atoms with E-state index in [9.17, 15) is 13.6 Å². The molecule has 0 aromatic heterocycles. The normalized spacial score (nSPS) is 23.1. The quantitative estimate of drug-likeness (QED) is 0.863. The minimum atomic E-state index is -0.694. The fourth-order valence-corrected chi connectivity index (χ4v) is 3.33. The molecular weight excluding hydrogens is 302 g/mol. The van der Waals surface area contributed by atoms with Crippen LogP contribution in [0.15, 0.2) is 18.2 Å². The Labute approximate surface area is 134 Å². The lowest BCUT2D eigenvalue weighted by molar-refractivity contribution is -0.117. The zero-order valence-corrected chi connectivity index (χ0v) is 13.0. The third-order valence-corrected chi connectivity index (χ3v) is 4.43. The SMILES string of the molecule is O=C(CN1CCC(N2CCNCC2)C1)Nc1cc(F)cc(F)c1. The van der Waals surface area contributed by atoms with E-state index >= 15 is 0 Å². The Morgan fingerprint density at radius 1 is 1.17 bits per heavy atom. The van der Waals surface area contributed by atoms with Gasteiger partial charge in [-0.3, -0.25) is 14.6 Å². The molecule has 1 atom stereocenters. The van der Waals surface area contributed by atoms with Gasteiger partial charge in [0, 0.05) is 57.1 Å². The lowest BCUT2D eigenvalue weighted by Crippen LogP contribution is -2.49. The third-order valence-electron chi connectivity index (χ3n) is 4.43. The summed E-state index contributed by atoms with van der Waals surface area (Å²) in [4.78, 5) is 16.6. The van der Waals surface area contributed by atoms with Crippen LogP contribution in [0.2, 0.25) is 0 Å². The second-order valence-electron chi connectivity index (χ2n) is 6.17. The molecule has 0 bridgehead atoms. The van der Waals surface area contributed by atoms with Crippen molar-refractivity contribution in [2.75, 3.05) is 51.1 Å². The number of nitrogens with one attached hydrogen (secondary N) is 2. The molecule has 1 aromatic rings.